The topological polar surface area (TPSA) is 132 Å². The number of aliphatic hydroxyl groups is 2. The van der Waals surface area contributed by atoms with Crippen LogP contribution in [0.2, 0.25) is 22.2 Å². The summed E-state index contributed by atoms with van der Waals surface area (Å²) in [6.45, 7) is 16.1. The Kier molecular flexibility index (Phi) is 7.86. The van der Waals surface area contributed by atoms with Crippen molar-refractivity contribution in [3.05, 3.63) is 33.1 Å². The number of aliphatic hydroxyl groups excluding tert-OH is 2. The summed E-state index contributed by atoms with van der Waals surface area (Å²) in [5, 5.41) is 21.9. The van der Waals surface area contributed by atoms with E-state index in [2.05, 4.69) is 60.4 Å². The zero-order valence-corrected chi connectivity index (χ0v) is 23.4. The van der Waals surface area contributed by atoms with Gasteiger partial charge in [0.15, 0.2) is 0 Å². The second kappa shape index (κ2) is 9.73. The molecule has 0 saturated carbocycles. The number of H-pyrrole nitrogens is 1. The van der Waals surface area contributed by atoms with Gasteiger partial charge in [0, 0.05) is 12.3 Å². The van der Waals surface area contributed by atoms with E-state index in [9.17, 15) is 19.8 Å². The van der Waals surface area contributed by atoms with Crippen molar-refractivity contribution in [1.82, 2.24) is 9.55 Å². The molecule has 0 aliphatic carbocycles. The monoisotopic (exact) mass is 516 g/mol. The van der Waals surface area contributed by atoms with Gasteiger partial charge >= 0.3 is 22.8 Å². The van der Waals surface area contributed by atoms with Gasteiger partial charge in [-0.15, -0.1) is 0 Å². The summed E-state index contributed by atoms with van der Waals surface area (Å²) >= 11 is 0. The number of rotatable bonds is 6. The van der Waals surface area contributed by atoms with E-state index in [0.29, 0.717) is 0 Å². The summed E-state index contributed by atoms with van der Waals surface area (Å²) in [4.78, 5) is 26.4. The minimum atomic E-state index is -3.04. The second-order valence-electron chi connectivity index (χ2n) is 10.6. The van der Waals surface area contributed by atoms with Crippen molar-refractivity contribution in [2.45, 2.75) is 102 Å². The van der Waals surface area contributed by atoms with E-state index in [4.69, 9.17) is 17.7 Å². The van der Waals surface area contributed by atoms with Crippen molar-refractivity contribution in [2.75, 3.05) is 13.2 Å². The fraction of sp³-hybridized carbons (Fsp3) is 0.818. The summed E-state index contributed by atoms with van der Waals surface area (Å²) in [5.74, 6) is 0. The third-order valence-corrected chi connectivity index (χ3v) is 17.5. The van der Waals surface area contributed by atoms with Crippen LogP contribution in [-0.4, -0.2) is 68.4 Å². The molecule has 3 N–H and O–H groups in total. The van der Waals surface area contributed by atoms with Crippen LogP contribution < -0.4 is 11.2 Å². The van der Waals surface area contributed by atoms with Gasteiger partial charge in [0.1, 0.15) is 18.3 Å². The van der Waals surface area contributed by atoms with Gasteiger partial charge in [0.25, 0.3) is 5.56 Å². The minimum Gasteiger partial charge on any atom is -0.414 e. The maximum Gasteiger partial charge on any atom is 0.335 e. The van der Waals surface area contributed by atoms with Crippen LogP contribution in [0, 0.1) is 0 Å². The summed E-state index contributed by atoms with van der Waals surface area (Å²) in [7, 11) is -5.86. The van der Waals surface area contributed by atoms with Gasteiger partial charge in [0.05, 0.1) is 13.2 Å². The number of fused-ring (bicyclic) bond motifs is 1. The quantitative estimate of drug-likeness (QED) is 0.489. The Bertz CT molecular complexity index is 962. The lowest BCUT2D eigenvalue weighted by Gasteiger charge is -2.51. The van der Waals surface area contributed by atoms with Crippen molar-refractivity contribution >= 4 is 17.1 Å². The third kappa shape index (κ3) is 4.21. The van der Waals surface area contributed by atoms with Crippen LogP contribution in [0.3, 0.4) is 0 Å². The van der Waals surface area contributed by atoms with E-state index in [0.717, 1.165) is 10.6 Å². The van der Waals surface area contributed by atoms with E-state index in [1.54, 1.807) is 0 Å². The van der Waals surface area contributed by atoms with E-state index >= 15 is 0 Å². The van der Waals surface area contributed by atoms with E-state index < -0.39 is 59.0 Å². The van der Waals surface area contributed by atoms with Crippen LogP contribution in [0.5, 0.6) is 0 Å². The first kappa shape index (κ1) is 27.5. The Balaban J connectivity index is 2.17. The van der Waals surface area contributed by atoms with Crippen molar-refractivity contribution < 1.29 is 27.9 Å². The van der Waals surface area contributed by atoms with Crippen molar-refractivity contribution in [3.8, 4) is 0 Å². The Hall–Kier alpha value is -1.13. The average Bonchev–Trinajstić information content (AvgIpc) is 2.98. The molecule has 10 nitrogen and oxygen atoms in total. The van der Waals surface area contributed by atoms with E-state index in [1.165, 1.54) is 6.20 Å². The Morgan fingerprint density at radius 2 is 1.62 bits per heavy atom. The highest BCUT2D eigenvalue weighted by molar-refractivity contribution is 6.83. The van der Waals surface area contributed by atoms with Gasteiger partial charge < -0.3 is 27.9 Å². The largest absolute Gasteiger partial charge is 0.414 e. The molecule has 0 aromatic carbocycles. The molecular weight excluding hydrogens is 476 g/mol. The number of aromatic amines is 1. The fourth-order valence-corrected chi connectivity index (χ4v) is 16.6. The molecule has 2 aliphatic rings. The predicted molar refractivity (Wildman–Crippen MR) is 131 cm³/mol. The molecule has 34 heavy (non-hydrogen) atoms. The second-order valence-corrected chi connectivity index (χ2v) is 19.5. The molecule has 12 heteroatoms. The number of ether oxygens (including phenoxy) is 1. The summed E-state index contributed by atoms with van der Waals surface area (Å²) in [5.41, 5.74) is -2.88. The number of aromatic nitrogens is 2. The highest BCUT2D eigenvalue weighted by atomic mass is 28.5. The van der Waals surface area contributed by atoms with Gasteiger partial charge in [-0.3, -0.25) is 14.3 Å². The highest BCUT2D eigenvalue weighted by Gasteiger charge is 2.64. The first-order chi connectivity index (χ1) is 15.8. The molecule has 1 aromatic heterocycles. The van der Waals surface area contributed by atoms with Crippen LogP contribution in [0.15, 0.2) is 21.9 Å². The lowest BCUT2D eigenvalue weighted by atomic mass is 10.0. The van der Waals surface area contributed by atoms with E-state index in [-0.39, 0.29) is 28.8 Å². The molecule has 0 bridgehead atoms. The molecule has 4 atom stereocenters. The number of hydrogen-bond acceptors (Lipinski definition) is 8. The average molecular weight is 517 g/mol. The fourth-order valence-electron chi connectivity index (χ4n) is 5.39. The Labute approximate surface area is 202 Å². The zero-order valence-electron chi connectivity index (χ0n) is 21.4. The summed E-state index contributed by atoms with van der Waals surface area (Å²) in [6, 6.07) is 1.15. The molecule has 2 fully saturated rings. The Morgan fingerprint density at radius 1 is 1.06 bits per heavy atom. The van der Waals surface area contributed by atoms with Gasteiger partial charge in [-0.25, -0.2) is 4.79 Å². The maximum absolute atomic E-state index is 12.6. The molecule has 3 rings (SSSR count). The van der Waals surface area contributed by atoms with Gasteiger partial charge in [-0.05, 0) is 22.2 Å². The molecule has 2 saturated heterocycles. The molecule has 3 heterocycles. The smallest absolute Gasteiger partial charge is 0.335 e. The molecule has 0 unspecified atom stereocenters. The standard InChI is InChI=1S/C22H40N2O8Si2/c1-13(2)33(14(3)4)29-11-17-19(31-34(32-33,15(5)6)16(7)8)20(27)22(12-25,30-17)24-10-9-18(26)23-21(24)28/h9-10,13-17,19-20,25,27H,11-12H2,1-8H3,(H,23,26,28)/t17-,19-,20-,22-/m1/s1. The molecule has 0 radical (unpaired) electrons. The Morgan fingerprint density at radius 3 is 2.09 bits per heavy atom. The van der Waals surface area contributed by atoms with Gasteiger partial charge in [-0.1, -0.05) is 55.4 Å². The molecular formula is C22H40N2O8Si2. The molecule has 2 aliphatic heterocycles. The summed E-state index contributed by atoms with van der Waals surface area (Å²) < 4.78 is 27.8. The van der Waals surface area contributed by atoms with Crippen molar-refractivity contribution in [3.63, 3.8) is 0 Å². The SMILES string of the molecule is CC(C)[Si]1(C(C)C)OC[C@H]2O[C@@](CO)(n3ccc(=O)[nH]c3=O)[C@H](O)[C@@H]2O[Si](C(C)C)(C(C)C)O1. The highest BCUT2D eigenvalue weighted by Crippen LogP contribution is 2.49. The maximum atomic E-state index is 12.6. The molecule has 0 spiro atoms. The van der Waals surface area contributed by atoms with Crippen LogP contribution >= 0.6 is 0 Å². The molecule has 194 valence electrons. The van der Waals surface area contributed by atoms with Crippen LogP contribution in [0.1, 0.15) is 55.4 Å². The van der Waals surface area contributed by atoms with Crippen LogP contribution in [-0.2, 0) is 23.4 Å². The zero-order chi connectivity index (χ0) is 25.6. The predicted octanol–water partition coefficient (Wildman–Crippen LogP) is 1.90. The van der Waals surface area contributed by atoms with Gasteiger partial charge in [-0.2, -0.15) is 0 Å². The summed E-state index contributed by atoms with van der Waals surface area (Å²) in [6.07, 6.45) is -1.84. The molecule has 1 aromatic rings. The van der Waals surface area contributed by atoms with Gasteiger partial charge in [0.2, 0.25) is 5.72 Å². The first-order valence-corrected chi connectivity index (χ1v) is 16.0. The van der Waals surface area contributed by atoms with E-state index in [1.807, 2.05) is 0 Å². The van der Waals surface area contributed by atoms with Crippen molar-refractivity contribution in [2.24, 2.45) is 0 Å². The lowest BCUT2D eigenvalue weighted by molar-refractivity contribution is -0.173. The number of hydrogen-bond donors (Lipinski definition) is 3. The minimum absolute atomic E-state index is 0.0337. The third-order valence-electron chi connectivity index (χ3n) is 7.28. The van der Waals surface area contributed by atoms with Crippen molar-refractivity contribution in [1.29, 1.82) is 0 Å². The van der Waals surface area contributed by atoms with Crippen LogP contribution in [0.4, 0.5) is 0 Å². The first-order valence-electron chi connectivity index (χ1n) is 12.1. The number of nitrogens with zero attached hydrogens (tertiary/aromatic N) is 1. The number of nitrogens with one attached hydrogen (secondary N) is 1. The molecule has 0 amide bonds. The van der Waals surface area contributed by atoms with Crippen LogP contribution in [0.25, 0.3) is 0 Å². The lowest BCUT2D eigenvalue weighted by Crippen LogP contribution is -2.66. The normalized spacial score (nSPS) is 31.2.